The Hall–Kier alpha value is -1.16. The van der Waals surface area contributed by atoms with Crippen LogP contribution in [0, 0.1) is 0 Å². The fraction of sp³-hybridized carbons (Fsp3) is 0.429. The van der Waals surface area contributed by atoms with E-state index in [2.05, 4.69) is 15.3 Å². The minimum absolute atomic E-state index is 0.202. The van der Waals surface area contributed by atoms with Crippen molar-refractivity contribution in [2.24, 2.45) is 5.73 Å². The van der Waals surface area contributed by atoms with Crippen LogP contribution in [0.4, 0.5) is 5.82 Å². The van der Waals surface area contributed by atoms with E-state index in [1.807, 2.05) is 6.20 Å². The number of rotatable bonds is 0. The molecule has 1 aromatic heterocycles. The zero-order valence-corrected chi connectivity index (χ0v) is 6.12. The second-order valence-corrected chi connectivity index (χ2v) is 2.74. The molecule has 0 fully saturated rings. The summed E-state index contributed by atoms with van der Waals surface area (Å²) in [5, 5.41) is 3.14. The Bertz CT molecular complexity index is 260. The van der Waals surface area contributed by atoms with Gasteiger partial charge in [0.25, 0.3) is 0 Å². The number of fused-ring (bicyclic) bond motifs is 1. The summed E-state index contributed by atoms with van der Waals surface area (Å²) < 4.78 is 0. The number of hydrogen-bond donors (Lipinski definition) is 2. The van der Waals surface area contributed by atoms with Crippen LogP contribution in [0.5, 0.6) is 0 Å². The molecule has 0 radical (unpaired) electrons. The fourth-order valence-corrected chi connectivity index (χ4v) is 1.25. The zero-order valence-electron chi connectivity index (χ0n) is 6.12. The molecule has 0 spiro atoms. The van der Waals surface area contributed by atoms with E-state index in [1.54, 1.807) is 6.33 Å². The third kappa shape index (κ3) is 1.17. The summed E-state index contributed by atoms with van der Waals surface area (Å²) in [6, 6.07) is 0.202. The predicted molar refractivity (Wildman–Crippen MR) is 42.2 cm³/mol. The molecule has 0 aromatic carbocycles. The highest BCUT2D eigenvalue weighted by Gasteiger charge is 2.14. The Kier molecular flexibility index (Phi) is 1.47. The van der Waals surface area contributed by atoms with Gasteiger partial charge in [0.2, 0.25) is 0 Å². The Labute approximate surface area is 64.8 Å². The number of hydrogen-bond acceptors (Lipinski definition) is 4. The lowest BCUT2D eigenvalue weighted by Gasteiger charge is -2.20. The summed E-state index contributed by atoms with van der Waals surface area (Å²) in [4.78, 5) is 8.00. The van der Waals surface area contributed by atoms with Gasteiger partial charge in [0, 0.05) is 24.3 Å². The van der Waals surface area contributed by atoms with E-state index in [0.29, 0.717) is 0 Å². The van der Waals surface area contributed by atoms with Crippen LogP contribution in [-0.4, -0.2) is 22.6 Å². The monoisotopic (exact) mass is 150 g/mol. The maximum absolute atomic E-state index is 5.73. The van der Waals surface area contributed by atoms with Crippen molar-refractivity contribution in [2.45, 2.75) is 12.5 Å². The Morgan fingerprint density at radius 1 is 1.64 bits per heavy atom. The summed E-state index contributed by atoms with van der Waals surface area (Å²) in [6.07, 6.45) is 4.24. The molecule has 2 rings (SSSR count). The Balaban J connectivity index is 2.34. The van der Waals surface area contributed by atoms with Gasteiger partial charge in [0.1, 0.15) is 12.1 Å². The molecule has 1 aliphatic rings. The molecule has 58 valence electrons. The first-order valence-electron chi connectivity index (χ1n) is 3.64. The predicted octanol–water partition coefficient (Wildman–Crippen LogP) is -0.228. The zero-order chi connectivity index (χ0) is 7.68. The van der Waals surface area contributed by atoms with E-state index in [0.717, 1.165) is 24.3 Å². The highest BCUT2D eigenvalue weighted by molar-refractivity contribution is 5.45. The first kappa shape index (κ1) is 6.54. The lowest BCUT2D eigenvalue weighted by Crippen LogP contribution is -2.35. The molecule has 2 heterocycles. The maximum Gasteiger partial charge on any atom is 0.132 e. The maximum atomic E-state index is 5.73. The number of nitrogens with one attached hydrogen (secondary N) is 1. The molecule has 4 nitrogen and oxygen atoms in total. The molecule has 4 heteroatoms. The van der Waals surface area contributed by atoms with Crippen molar-refractivity contribution in [1.29, 1.82) is 0 Å². The van der Waals surface area contributed by atoms with Gasteiger partial charge in [-0.05, 0) is 6.42 Å². The van der Waals surface area contributed by atoms with E-state index in [1.165, 1.54) is 0 Å². The quantitative estimate of drug-likeness (QED) is 0.536. The van der Waals surface area contributed by atoms with Crippen molar-refractivity contribution in [3.8, 4) is 0 Å². The molecular weight excluding hydrogens is 140 g/mol. The fourth-order valence-electron chi connectivity index (χ4n) is 1.25. The van der Waals surface area contributed by atoms with Crippen molar-refractivity contribution in [1.82, 2.24) is 9.97 Å². The Morgan fingerprint density at radius 2 is 2.55 bits per heavy atom. The normalized spacial score (nSPS) is 22.1. The molecule has 0 bridgehead atoms. The van der Waals surface area contributed by atoms with Gasteiger partial charge in [-0.2, -0.15) is 0 Å². The summed E-state index contributed by atoms with van der Waals surface area (Å²) in [6.45, 7) is 0.810. The second kappa shape index (κ2) is 2.47. The van der Waals surface area contributed by atoms with Crippen molar-refractivity contribution >= 4 is 5.82 Å². The molecule has 0 saturated carbocycles. The third-order valence-electron chi connectivity index (χ3n) is 1.80. The van der Waals surface area contributed by atoms with Crippen molar-refractivity contribution in [3.63, 3.8) is 0 Å². The van der Waals surface area contributed by atoms with Gasteiger partial charge in [-0.1, -0.05) is 0 Å². The van der Waals surface area contributed by atoms with Crippen LogP contribution in [0.1, 0.15) is 5.56 Å². The Morgan fingerprint density at radius 3 is 3.45 bits per heavy atom. The minimum atomic E-state index is 0.202. The smallest absolute Gasteiger partial charge is 0.132 e. The molecule has 1 aliphatic heterocycles. The van der Waals surface area contributed by atoms with Crippen molar-refractivity contribution < 1.29 is 0 Å². The number of anilines is 1. The van der Waals surface area contributed by atoms with Gasteiger partial charge in [-0.15, -0.1) is 0 Å². The van der Waals surface area contributed by atoms with Crippen LogP contribution in [-0.2, 0) is 6.42 Å². The molecule has 0 amide bonds. The van der Waals surface area contributed by atoms with Crippen LogP contribution in [0.25, 0.3) is 0 Å². The van der Waals surface area contributed by atoms with Crippen LogP contribution in [0.15, 0.2) is 12.5 Å². The van der Waals surface area contributed by atoms with E-state index in [4.69, 9.17) is 5.73 Å². The van der Waals surface area contributed by atoms with Gasteiger partial charge >= 0.3 is 0 Å². The average Bonchev–Trinajstić information content (AvgIpc) is 2.04. The molecule has 1 atom stereocenters. The summed E-state index contributed by atoms with van der Waals surface area (Å²) in [5.74, 6) is 0.932. The molecular formula is C7H10N4. The molecule has 11 heavy (non-hydrogen) atoms. The summed E-state index contributed by atoms with van der Waals surface area (Å²) >= 11 is 0. The van der Waals surface area contributed by atoms with Gasteiger partial charge in [-0.3, -0.25) is 0 Å². The number of nitrogens with zero attached hydrogens (tertiary/aromatic N) is 2. The lowest BCUT2D eigenvalue weighted by atomic mass is 10.1. The third-order valence-corrected chi connectivity index (χ3v) is 1.80. The van der Waals surface area contributed by atoms with Gasteiger partial charge < -0.3 is 11.1 Å². The molecule has 1 aromatic rings. The highest BCUT2D eigenvalue weighted by atomic mass is 15.0. The molecule has 0 aliphatic carbocycles. The van der Waals surface area contributed by atoms with E-state index in [9.17, 15) is 0 Å². The summed E-state index contributed by atoms with van der Waals surface area (Å²) in [7, 11) is 0. The summed E-state index contributed by atoms with van der Waals surface area (Å²) in [5.41, 5.74) is 6.85. The van der Waals surface area contributed by atoms with Crippen molar-refractivity contribution in [2.75, 3.05) is 11.9 Å². The van der Waals surface area contributed by atoms with Crippen LogP contribution in [0.3, 0.4) is 0 Å². The number of aromatic nitrogens is 2. The largest absolute Gasteiger partial charge is 0.368 e. The highest BCUT2D eigenvalue weighted by Crippen LogP contribution is 2.15. The first-order chi connectivity index (χ1) is 5.36. The topological polar surface area (TPSA) is 63.8 Å². The molecule has 1 unspecified atom stereocenters. The second-order valence-electron chi connectivity index (χ2n) is 2.74. The van der Waals surface area contributed by atoms with Crippen LogP contribution in [0.2, 0.25) is 0 Å². The standard InChI is InChI=1S/C7H10N4/c8-6-1-5-2-9-4-11-7(5)10-3-6/h2,4,6H,1,3,8H2,(H,9,10,11). The van der Waals surface area contributed by atoms with Crippen molar-refractivity contribution in [3.05, 3.63) is 18.1 Å². The first-order valence-corrected chi connectivity index (χ1v) is 3.64. The molecule has 0 saturated heterocycles. The van der Waals surface area contributed by atoms with E-state index in [-0.39, 0.29) is 6.04 Å². The average molecular weight is 150 g/mol. The van der Waals surface area contributed by atoms with Gasteiger partial charge in [0.15, 0.2) is 0 Å². The molecule has 3 N–H and O–H groups in total. The van der Waals surface area contributed by atoms with Gasteiger partial charge in [-0.25, -0.2) is 9.97 Å². The van der Waals surface area contributed by atoms with Crippen LogP contribution < -0.4 is 11.1 Å². The van der Waals surface area contributed by atoms with Gasteiger partial charge in [0.05, 0.1) is 0 Å². The van der Waals surface area contributed by atoms with E-state index >= 15 is 0 Å². The minimum Gasteiger partial charge on any atom is -0.368 e. The number of nitrogens with two attached hydrogens (primary N) is 1. The van der Waals surface area contributed by atoms with E-state index < -0.39 is 0 Å². The lowest BCUT2D eigenvalue weighted by molar-refractivity contribution is 0.670. The van der Waals surface area contributed by atoms with Crippen LogP contribution >= 0.6 is 0 Å². The SMILES string of the molecule is NC1CNc2ncncc2C1.